The molecule has 1 aromatic rings. The van der Waals surface area contributed by atoms with Crippen LogP contribution in [0.15, 0.2) is 30.3 Å². The molecule has 3 heteroatoms. The first kappa shape index (κ1) is 17.6. The molecular weight excluding hydrogens is 298 g/mol. The van der Waals surface area contributed by atoms with Crippen LogP contribution in [0.4, 0.5) is 0 Å². The molecule has 1 aliphatic carbocycles. The summed E-state index contributed by atoms with van der Waals surface area (Å²) in [7, 11) is 0. The molecule has 2 aliphatic rings. The Kier molecular flexibility index (Phi) is 6.44. The maximum absolute atomic E-state index is 12.3. The highest BCUT2D eigenvalue weighted by molar-refractivity contribution is 5.82. The van der Waals surface area contributed by atoms with Crippen LogP contribution in [0.3, 0.4) is 0 Å². The summed E-state index contributed by atoms with van der Waals surface area (Å²) in [6, 6.07) is 10.5. The van der Waals surface area contributed by atoms with Crippen LogP contribution >= 0.6 is 0 Å². The largest absolute Gasteiger partial charge is 0.377 e. The van der Waals surface area contributed by atoms with Crippen LogP contribution in [0.2, 0.25) is 0 Å². The van der Waals surface area contributed by atoms with Gasteiger partial charge in [-0.05, 0) is 37.2 Å². The Balaban J connectivity index is 1.45. The van der Waals surface area contributed by atoms with E-state index in [1.54, 1.807) is 0 Å². The molecule has 3 nitrogen and oxygen atoms in total. The molecule has 2 fully saturated rings. The van der Waals surface area contributed by atoms with E-state index in [1.165, 1.54) is 37.7 Å². The van der Waals surface area contributed by atoms with Crippen LogP contribution in [-0.4, -0.2) is 36.5 Å². The minimum absolute atomic E-state index is 0.0614. The zero-order chi connectivity index (χ0) is 16.8. The van der Waals surface area contributed by atoms with Crippen LogP contribution < -0.4 is 0 Å². The third-order valence-electron chi connectivity index (χ3n) is 5.76. The number of benzene rings is 1. The summed E-state index contributed by atoms with van der Waals surface area (Å²) in [6.45, 7) is 5.57. The lowest BCUT2D eigenvalue weighted by Gasteiger charge is -2.33. The normalized spacial score (nSPS) is 28.9. The second kappa shape index (κ2) is 8.77. The first-order chi connectivity index (χ1) is 11.7. The predicted octanol–water partition coefficient (Wildman–Crippen LogP) is 4.06. The molecule has 3 rings (SSSR count). The van der Waals surface area contributed by atoms with Gasteiger partial charge in [0.25, 0.3) is 0 Å². The third-order valence-corrected chi connectivity index (χ3v) is 5.76. The first-order valence-electron chi connectivity index (χ1n) is 9.65. The van der Waals surface area contributed by atoms with Crippen molar-refractivity contribution in [2.75, 3.05) is 19.7 Å². The second-order valence-electron chi connectivity index (χ2n) is 7.52. The SMILES string of the molecule is CC[C@H]1CC[C@@H](OCC2CN(Cc3ccccc3)CCC2=O)CC1. The van der Waals surface area contributed by atoms with E-state index in [4.69, 9.17) is 4.74 Å². The van der Waals surface area contributed by atoms with E-state index in [9.17, 15) is 4.79 Å². The van der Waals surface area contributed by atoms with Crippen molar-refractivity contribution in [2.45, 2.75) is 58.1 Å². The third kappa shape index (κ3) is 4.90. The fraction of sp³-hybridized carbons (Fsp3) is 0.667. The number of ketones is 1. The van der Waals surface area contributed by atoms with Crippen molar-refractivity contribution in [2.24, 2.45) is 11.8 Å². The van der Waals surface area contributed by atoms with Gasteiger partial charge in [0.15, 0.2) is 0 Å². The fourth-order valence-corrected chi connectivity index (χ4v) is 4.07. The molecule has 0 bridgehead atoms. The Morgan fingerprint density at radius 3 is 2.58 bits per heavy atom. The summed E-state index contributed by atoms with van der Waals surface area (Å²) >= 11 is 0. The van der Waals surface area contributed by atoms with Crippen molar-refractivity contribution in [3.8, 4) is 0 Å². The molecular formula is C21H31NO2. The van der Waals surface area contributed by atoms with Gasteiger partial charge in [0.1, 0.15) is 5.78 Å². The lowest BCUT2D eigenvalue weighted by Crippen LogP contribution is -2.42. The van der Waals surface area contributed by atoms with Crippen molar-refractivity contribution in [1.82, 2.24) is 4.90 Å². The van der Waals surface area contributed by atoms with Crippen LogP contribution in [-0.2, 0) is 16.1 Å². The highest BCUT2D eigenvalue weighted by Crippen LogP contribution is 2.29. The van der Waals surface area contributed by atoms with Crippen molar-refractivity contribution < 1.29 is 9.53 Å². The van der Waals surface area contributed by atoms with E-state index < -0.39 is 0 Å². The van der Waals surface area contributed by atoms with Gasteiger partial charge in [-0.3, -0.25) is 9.69 Å². The van der Waals surface area contributed by atoms with Crippen LogP contribution in [0.25, 0.3) is 0 Å². The molecule has 0 spiro atoms. The molecule has 0 N–H and O–H groups in total. The Labute approximate surface area is 146 Å². The minimum Gasteiger partial charge on any atom is -0.377 e. The zero-order valence-corrected chi connectivity index (χ0v) is 15.0. The number of carbonyl (C=O) groups excluding carboxylic acids is 1. The maximum Gasteiger partial charge on any atom is 0.140 e. The van der Waals surface area contributed by atoms with Gasteiger partial charge < -0.3 is 4.74 Å². The molecule has 1 unspecified atom stereocenters. The fourth-order valence-electron chi connectivity index (χ4n) is 4.07. The number of ether oxygens (including phenoxy) is 1. The van der Waals surface area contributed by atoms with E-state index >= 15 is 0 Å². The topological polar surface area (TPSA) is 29.5 Å². The predicted molar refractivity (Wildman–Crippen MR) is 96.8 cm³/mol. The molecule has 0 amide bonds. The number of nitrogens with zero attached hydrogens (tertiary/aromatic N) is 1. The average Bonchev–Trinajstić information content (AvgIpc) is 2.63. The van der Waals surface area contributed by atoms with Gasteiger partial charge in [-0.15, -0.1) is 0 Å². The Hall–Kier alpha value is -1.19. The van der Waals surface area contributed by atoms with Crippen molar-refractivity contribution in [1.29, 1.82) is 0 Å². The summed E-state index contributed by atoms with van der Waals surface area (Å²) in [4.78, 5) is 14.7. The first-order valence-corrected chi connectivity index (χ1v) is 9.65. The summed E-state index contributed by atoms with van der Waals surface area (Å²) in [5.41, 5.74) is 1.32. The van der Waals surface area contributed by atoms with Gasteiger partial charge in [0.2, 0.25) is 0 Å². The summed E-state index contributed by atoms with van der Waals surface area (Å²) < 4.78 is 6.14. The number of rotatable bonds is 6. The Bertz CT molecular complexity index is 508. The molecule has 24 heavy (non-hydrogen) atoms. The highest BCUT2D eigenvalue weighted by atomic mass is 16.5. The number of Topliss-reactive ketones (excluding diaryl/α,β-unsaturated/α-hetero) is 1. The van der Waals surface area contributed by atoms with E-state index in [-0.39, 0.29) is 5.92 Å². The van der Waals surface area contributed by atoms with Gasteiger partial charge in [-0.2, -0.15) is 0 Å². The lowest BCUT2D eigenvalue weighted by molar-refractivity contribution is -0.130. The van der Waals surface area contributed by atoms with E-state index in [2.05, 4.69) is 36.1 Å². The monoisotopic (exact) mass is 329 g/mol. The smallest absolute Gasteiger partial charge is 0.140 e. The lowest BCUT2D eigenvalue weighted by atomic mass is 9.86. The van der Waals surface area contributed by atoms with E-state index in [0.717, 1.165) is 25.6 Å². The van der Waals surface area contributed by atoms with E-state index in [0.29, 0.717) is 24.9 Å². The average molecular weight is 329 g/mol. The van der Waals surface area contributed by atoms with E-state index in [1.807, 2.05) is 6.07 Å². The second-order valence-corrected chi connectivity index (χ2v) is 7.52. The van der Waals surface area contributed by atoms with Crippen molar-refractivity contribution in [3.05, 3.63) is 35.9 Å². The number of carbonyl (C=O) groups is 1. The summed E-state index contributed by atoms with van der Waals surface area (Å²) in [5.74, 6) is 1.34. The van der Waals surface area contributed by atoms with Crippen LogP contribution in [0, 0.1) is 11.8 Å². The van der Waals surface area contributed by atoms with Gasteiger partial charge >= 0.3 is 0 Å². The zero-order valence-electron chi connectivity index (χ0n) is 15.0. The molecule has 0 radical (unpaired) electrons. The number of hydrogen-bond donors (Lipinski definition) is 0. The summed E-state index contributed by atoms with van der Waals surface area (Å²) in [6.07, 6.45) is 7.27. The number of likely N-dealkylation sites (tertiary alicyclic amines) is 1. The van der Waals surface area contributed by atoms with Crippen LogP contribution in [0.1, 0.15) is 51.0 Å². The molecule has 1 heterocycles. The van der Waals surface area contributed by atoms with Crippen molar-refractivity contribution >= 4 is 5.78 Å². The highest BCUT2D eigenvalue weighted by Gasteiger charge is 2.29. The number of hydrogen-bond acceptors (Lipinski definition) is 3. The molecule has 1 aromatic carbocycles. The van der Waals surface area contributed by atoms with Crippen molar-refractivity contribution in [3.63, 3.8) is 0 Å². The number of piperidine rings is 1. The Morgan fingerprint density at radius 2 is 1.88 bits per heavy atom. The molecule has 1 saturated heterocycles. The molecule has 132 valence electrons. The van der Waals surface area contributed by atoms with Gasteiger partial charge in [-0.1, -0.05) is 43.7 Å². The quantitative estimate of drug-likeness (QED) is 0.788. The minimum atomic E-state index is 0.0614. The molecule has 1 atom stereocenters. The molecule has 0 aromatic heterocycles. The summed E-state index contributed by atoms with van der Waals surface area (Å²) in [5, 5.41) is 0. The standard InChI is InChI=1S/C21H31NO2/c1-2-17-8-10-20(11-9-17)24-16-19-15-22(13-12-21(19)23)14-18-6-4-3-5-7-18/h3-7,17,19-20H,2,8-16H2,1H3/t17-,19?,20+. The van der Waals surface area contributed by atoms with Gasteiger partial charge in [-0.25, -0.2) is 0 Å². The van der Waals surface area contributed by atoms with Gasteiger partial charge in [0, 0.05) is 26.1 Å². The Morgan fingerprint density at radius 1 is 1.12 bits per heavy atom. The molecule has 1 aliphatic heterocycles. The molecule has 1 saturated carbocycles. The van der Waals surface area contributed by atoms with Crippen LogP contribution in [0.5, 0.6) is 0 Å². The van der Waals surface area contributed by atoms with Gasteiger partial charge in [0.05, 0.1) is 18.6 Å². The maximum atomic E-state index is 12.3.